The molecule has 1 unspecified atom stereocenters. The SMILES string of the molecule is COc1c(-c2cc3c(s2)CCCC3NS(=O)(=O)c2ccccc2)c(C2CC2)cc2c(=O)c(C(=O)O)c[nH]c12. The number of carbonyl (C=O) groups is 1. The minimum Gasteiger partial charge on any atom is -0.494 e. The molecule has 6 rings (SSSR count). The summed E-state index contributed by atoms with van der Waals surface area (Å²) in [6.45, 7) is 0. The molecule has 2 heterocycles. The summed E-state index contributed by atoms with van der Waals surface area (Å²) < 4.78 is 35.0. The van der Waals surface area contributed by atoms with Crippen LogP contribution in [0.1, 0.15) is 64.0 Å². The van der Waals surface area contributed by atoms with Crippen LogP contribution in [0.2, 0.25) is 0 Å². The van der Waals surface area contributed by atoms with Gasteiger partial charge < -0.3 is 14.8 Å². The van der Waals surface area contributed by atoms with Crippen molar-refractivity contribution >= 4 is 38.2 Å². The summed E-state index contributed by atoms with van der Waals surface area (Å²) >= 11 is 1.62. The van der Waals surface area contributed by atoms with Crippen molar-refractivity contribution in [3.8, 4) is 16.2 Å². The summed E-state index contributed by atoms with van der Waals surface area (Å²) in [6, 6.07) is 11.9. The lowest BCUT2D eigenvalue weighted by atomic mass is 9.92. The van der Waals surface area contributed by atoms with Crippen molar-refractivity contribution in [1.29, 1.82) is 0 Å². The van der Waals surface area contributed by atoms with Gasteiger partial charge in [-0.3, -0.25) is 4.79 Å². The maximum absolute atomic E-state index is 13.1. The minimum atomic E-state index is -3.68. The van der Waals surface area contributed by atoms with E-state index in [1.54, 1.807) is 48.8 Å². The highest BCUT2D eigenvalue weighted by Crippen LogP contribution is 2.52. The van der Waals surface area contributed by atoms with Gasteiger partial charge in [0, 0.05) is 27.6 Å². The summed E-state index contributed by atoms with van der Waals surface area (Å²) in [5, 5.41) is 9.74. The Balaban J connectivity index is 1.48. The molecule has 1 fully saturated rings. The Hall–Kier alpha value is -3.47. The third kappa shape index (κ3) is 4.22. The number of fused-ring (bicyclic) bond motifs is 2. The van der Waals surface area contributed by atoms with Gasteiger partial charge in [0.05, 0.1) is 22.9 Å². The zero-order valence-corrected chi connectivity index (χ0v) is 22.2. The Bertz CT molecular complexity index is 1740. The van der Waals surface area contributed by atoms with Crippen molar-refractivity contribution in [2.24, 2.45) is 0 Å². The van der Waals surface area contributed by atoms with Crippen LogP contribution in [0.4, 0.5) is 0 Å². The first-order valence-electron chi connectivity index (χ1n) is 12.5. The fourth-order valence-electron chi connectivity index (χ4n) is 5.35. The topological polar surface area (TPSA) is 126 Å². The molecule has 3 N–H and O–H groups in total. The Labute approximate surface area is 223 Å². The molecule has 0 aliphatic heterocycles. The second-order valence-electron chi connectivity index (χ2n) is 9.78. The number of aromatic carboxylic acids is 1. The summed E-state index contributed by atoms with van der Waals surface area (Å²) in [4.78, 5) is 29.9. The van der Waals surface area contributed by atoms with Crippen molar-refractivity contribution < 1.29 is 23.1 Å². The minimum absolute atomic E-state index is 0.236. The lowest BCUT2D eigenvalue weighted by Gasteiger charge is -2.23. The van der Waals surface area contributed by atoms with Crippen molar-refractivity contribution in [3.05, 3.63) is 80.5 Å². The number of H-pyrrole nitrogens is 1. The monoisotopic (exact) mass is 550 g/mol. The molecule has 196 valence electrons. The summed E-state index contributed by atoms with van der Waals surface area (Å²) in [5.74, 6) is -0.528. The lowest BCUT2D eigenvalue weighted by molar-refractivity contribution is 0.0695. The molecule has 4 aromatic rings. The molecule has 10 heteroatoms. The average molecular weight is 551 g/mol. The van der Waals surface area contributed by atoms with E-state index < -0.39 is 21.4 Å². The number of methoxy groups -OCH3 is 1. The highest BCUT2D eigenvalue weighted by molar-refractivity contribution is 7.89. The molecular formula is C28H26N2O6S2. The van der Waals surface area contributed by atoms with Gasteiger partial charge in [-0.1, -0.05) is 18.2 Å². The van der Waals surface area contributed by atoms with Gasteiger partial charge in [0.25, 0.3) is 0 Å². The summed E-state index contributed by atoms with van der Waals surface area (Å²) in [6.07, 6.45) is 5.59. The zero-order valence-electron chi connectivity index (χ0n) is 20.6. The number of carboxylic acids is 1. The predicted octanol–water partition coefficient (Wildman–Crippen LogP) is 5.20. The highest BCUT2D eigenvalue weighted by atomic mass is 32.2. The van der Waals surface area contributed by atoms with E-state index in [-0.39, 0.29) is 22.4 Å². The van der Waals surface area contributed by atoms with Crippen LogP contribution in [0.15, 0.2) is 58.4 Å². The Morgan fingerprint density at radius 2 is 1.89 bits per heavy atom. The number of aryl methyl sites for hydroxylation is 1. The first-order chi connectivity index (χ1) is 18.3. The molecule has 2 aliphatic rings. The molecule has 1 atom stereocenters. The number of sulfonamides is 1. The number of nitrogens with one attached hydrogen (secondary N) is 2. The number of benzene rings is 2. The third-order valence-corrected chi connectivity index (χ3v) is 10.0. The van der Waals surface area contributed by atoms with Gasteiger partial charge in [-0.15, -0.1) is 11.3 Å². The normalized spacial score (nSPS) is 17.3. The quantitative estimate of drug-likeness (QED) is 0.291. The number of pyridine rings is 1. The van der Waals surface area contributed by atoms with E-state index >= 15 is 0 Å². The second-order valence-corrected chi connectivity index (χ2v) is 12.6. The maximum atomic E-state index is 13.1. The Morgan fingerprint density at radius 1 is 1.13 bits per heavy atom. The first kappa shape index (κ1) is 24.8. The second kappa shape index (κ2) is 9.37. The van der Waals surface area contributed by atoms with Gasteiger partial charge in [-0.2, -0.15) is 0 Å². The fourth-order valence-corrected chi connectivity index (χ4v) is 7.95. The molecule has 1 saturated carbocycles. The molecule has 8 nitrogen and oxygen atoms in total. The molecular weight excluding hydrogens is 524 g/mol. The third-order valence-electron chi connectivity index (χ3n) is 7.32. The van der Waals surface area contributed by atoms with E-state index in [2.05, 4.69) is 15.8 Å². The largest absolute Gasteiger partial charge is 0.494 e. The number of thiophene rings is 1. The van der Waals surface area contributed by atoms with Gasteiger partial charge in [0.2, 0.25) is 15.5 Å². The maximum Gasteiger partial charge on any atom is 0.341 e. The first-order valence-corrected chi connectivity index (χ1v) is 14.8. The molecule has 0 radical (unpaired) electrons. The predicted molar refractivity (Wildman–Crippen MR) is 146 cm³/mol. The molecule has 0 saturated heterocycles. The van der Waals surface area contributed by atoms with Gasteiger partial charge in [0.15, 0.2) is 5.75 Å². The zero-order chi connectivity index (χ0) is 26.6. The number of carboxylic acid groups (broad SMARTS) is 1. The van der Waals surface area contributed by atoms with E-state index in [0.717, 1.165) is 52.1 Å². The van der Waals surface area contributed by atoms with Gasteiger partial charge in [0.1, 0.15) is 5.56 Å². The summed E-state index contributed by atoms with van der Waals surface area (Å²) in [5.41, 5.74) is 2.41. The molecule has 38 heavy (non-hydrogen) atoms. The number of hydrogen-bond acceptors (Lipinski definition) is 6. The molecule has 2 aromatic heterocycles. The van der Waals surface area contributed by atoms with Crippen LogP contribution >= 0.6 is 11.3 Å². The molecule has 0 bridgehead atoms. The lowest BCUT2D eigenvalue weighted by Crippen LogP contribution is -2.30. The number of aromatic nitrogens is 1. The number of hydrogen-bond donors (Lipinski definition) is 3. The van der Waals surface area contributed by atoms with E-state index in [1.165, 1.54) is 6.20 Å². The van der Waals surface area contributed by atoms with Crippen LogP contribution in [-0.2, 0) is 16.4 Å². The fraction of sp³-hybridized carbons (Fsp3) is 0.286. The van der Waals surface area contributed by atoms with E-state index in [4.69, 9.17) is 4.74 Å². The highest BCUT2D eigenvalue weighted by Gasteiger charge is 2.33. The van der Waals surface area contributed by atoms with Gasteiger partial charge in [-0.25, -0.2) is 17.9 Å². The van der Waals surface area contributed by atoms with E-state index in [1.807, 2.05) is 6.07 Å². The smallest absolute Gasteiger partial charge is 0.341 e. The van der Waals surface area contributed by atoms with Gasteiger partial charge in [-0.05, 0) is 73.4 Å². The standard InChI is InChI=1S/C28H26N2O6S2/c1-36-27-24(17(15-10-11-15)12-19-25(27)29-14-20(26(19)31)28(32)33)23-13-18-21(8-5-9-22(18)37-23)30-38(34,35)16-6-3-2-4-7-16/h2-4,6-7,12-15,21,30H,5,8-11H2,1H3,(H,29,31)(H,32,33). The van der Waals surface area contributed by atoms with Crippen LogP contribution in [0.3, 0.4) is 0 Å². The molecule has 0 amide bonds. The van der Waals surface area contributed by atoms with E-state index in [9.17, 15) is 23.1 Å². The Morgan fingerprint density at radius 3 is 2.58 bits per heavy atom. The number of aromatic amines is 1. The van der Waals surface area contributed by atoms with Crippen molar-refractivity contribution in [1.82, 2.24) is 9.71 Å². The van der Waals surface area contributed by atoms with Crippen LogP contribution in [0.25, 0.3) is 21.3 Å². The number of rotatable bonds is 7. The van der Waals surface area contributed by atoms with Crippen LogP contribution in [0.5, 0.6) is 5.75 Å². The summed E-state index contributed by atoms with van der Waals surface area (Å²) in [7, 11) is -2.14. The van der Waals surface area contributed by atoms with Crippen LogP contribution in [0, 0.1) is 0 Å². The van der Waals surface area contributed by atoms with Crippen LogP contribution in [-0.4, -0.2) is 31.6 Å². The van der Waals surface area contributed by atoms with Crippen LogP contribution < -0.4 is 14.9 Å². The van der Waals surface area contributed by atoms with Crippen molar-refractivity contribution in [2.75, 3.05) is 7.11 Å². The molecule has 0 spiro atoms. The number of ether oxygens (including phenoxy) is 1. The van der Waals surface area contributed by atoms with Crippen molar-refractivity contribution in [2.45, 2.75) is 49.0 Å². The Kier molecular flexibility index (Phi) is 6.13. The van der Waals surface area contributed by atoms with Crippen molar-refractivity contribution in [3.63, 3.8) is 0 Å². The van der Waals surface area contributed by atoms with Gasteiger partial charge >= 0.3 is 5.97 Å². The average Bonchev–Trinajstić information content (AvgIpc) is 3.66. The van der Waals surface area contributed by atoms with E-state index in [0.29, 0.717) is 23.1 Å². The molecule has 2 aromatic carbocycles. The molecule has 2 aliphatic carbocycles.